The number of hydrogen-bond donors (Lipinski definition) is 1. The maximum atomic E-state index is 5.41. The summed E-state index contributed by atoms with van der Waals surface area (Å²) >= 11 is 0. The van der Waals surface area contributed by atoms with Gasteiger partial charge in [-0.3, -0.25) is 9.67 Å². The predicted octanol–water partition coefficient (Wildman–Crippen LogP) is 1.40. The molecule has 2 heterocycles. The second-order valence-electron chi connectivity index (χ2n) is 5.79. The summed E-state index contributed by atoms with van der Waals surface area (Å²) in [6.07, 6.45) is 4.77. The van der Waals surface area contributed by atoms with E-state index in [1.807, 2.05) is 38.6 Å². The lowest BCUT2D eigenvalue weighted by Crippen LogP contribution is -2.39. The van der Waals surface area contributed by atoms with E-state index < -0.39 is 0 Å². The lowest BCUT2D eigenvalue weighted by atomic mass is 10.1. The zero-order chi connectivity index (χ0) is 16.9. The highest BCUT2D eigenvalue weighted by atomic mass is 16.7. The van der Waals surface area contributed by atoms with Crippen LogP contribution in [0.4, 0.5) is 0 Å². The van der Waals surface area contributed by atoms with Crippen LogP contribution in [-0.2, 0) is 20.0 Å². The Morgan fingerprint density at radius 2 is 2.17 bits per heavy atom. The van der Waals surface area contributed by atoms with Crippen LogP contribution in [-0.4, -0.2) is 48.1 Å². The normalized spacial score (nSPS) is 13.2. The molecule has 7 heteroatoms. The molecule has 1 N–H and O–H groups in total. The van der Waals surface area contributed by atoms with Crippen molar-refractivity contribution in [2.75, 3.05) is 27.4 Å². The summed E-state index contributed by atoms with van der Waals surface area (Å²) in [5.74, 6) is 2.50. The topological polar surface area (TPSA) is 63.9 Å². The van der Waals surface area contributed by atoms with Crippen molar-refractivity contribution in [3.63, 3.8) is 0 Å². The highest BCUT2D eigenvalue weighted by Crippen LogP contribution is 2.32. The van der Waals surface area contributed by atoms with Crippen LogP contribution in [0.5, 0.6) is 11.5 Å². The van der Waals surface area contributed by atoms with E-state index in [1.54, 1.807) is 11.7 Å². The Kier molecular flexibility index (Phi) is 4.88. The van der Waals surface area contributed by atoms with Gasteiger partial charge in [-0.1, -0.05) is 6.07 Å². The Balaban J connectivity index is 1.50. The first-order valence-electron chi connectivity index (χ1n) is 7.93. The van der Waals surface area contributed by atoms with E-state index in [4.69, 9.17) is 9.47 Å². The number of aryl methyl sites for hydroxylation is 1. The number of fused-ring (bicyclic) bond motifs is 1. The Morgan fingerprint density at radius 3 is 2.92 bits per heavy atom. The van der Waals surface area contributed by atoms with Gasteiger partial charge < -0.3 is 19.7 Å². The second-order valence-corrected chi connectivity index (χ2v) is 5.79. The zero-order valence-electron chi connectivity index (χ0n) is 14.3. The number of rotatable bonds is 5. The predicted molar refractivity (Wildman–Crippen MR) is 92.3 cm³/mol. The first kappa shape index (κ1) is 16.2. The number of guanidine groups is 1. The number of nitrogens with one attached hydrogen (secondary N) is 1. The molecule has 0 amide bonds. The molecule has 24 heavy (non-hydrogen) atoms. The maximum Gasteiger partial charge on any atom is 0.231 e. The van der Waals surface area contributed by atoms with Gasteiger partial charge in [0.15, 0.2) is 17.5 Å². The first-order valence-corrected chi connectivity index (χ1v) is 7.93. The van der Waals surface area contributed by atoms with Crippen LogP contribution >= 0.6 is 0 Å². The van der Waals surface area contributed by atoms with Crippen molar-refractivity contribution in [1.82, 2.24) is 20.0 Å². The minimum absolute atomic E-state index is 0.308. The van der Waals surface area contributed by atoms with Crippen LogP contribution in [0.15, 0.2) is 35.6 Å². The minimum atomic E-state index is 0.308. The van der Waals surface area contributed by atoms with Crippen molar-refractivity contribution in [2.24, 2.45) is 12.0 Å². The molecule has 1 aliphatic heterocycles. The Bertz CT molecular complexity index is 726. The van der Waals surface area contributed by atoms with Gasteiger partial charge in [0.25, 0.3) is 0 Å². The van der Waals surface area contributed by atoms with Gasteiger partial charge in [0.05, 0.1) is 6.20 Å². The number of ether oxygens (including phenoxy) is 2. The molecule has 0 bridgehead atoms. The van der Waals surface area contributed by atoms with Gasteiger partial charge in [-0.25, -0.2) is 0 Å². The van der Waals surface area contributed by atoms with E-state index in [-0.39, 0.29) is 0 Å². The van der Waals surface area contributed by atoms with Gasteiger partial charge in [0.1, 0.15) is 0 Å². The molecule has 7 nitrogen and oxygen atoms in total. The summed E-state index contributed by atoms with van der Waals surface area (Å²) < 4.78 is 12.5. The summed E-state index contributed by atoms with van der Waals surface area (Å²) in [5, 5.41) is 7.58. The van der Waals surface area contributed by atoms with E-state index in [9.17, 15) is 0 Å². The van der Waals surface area contributed by atoms with Crippen LogP contribution in [0, 0.1) is 0 Å². The fourth-order valence-corrected chi connectivity index (χ4v) is 2.70. The fraction of sp³-hybridized carbons (Fsp3) is 0.412. The molecule has 0 saturated carbocycles. The molecule has 2 aromatic rings. The summed E-state index contributed by atoms with van der Waals surface area (Å²) in [4.78, 5) is 6.42. The number of hydrogen-bond acceptors (Lipinski definition) is 4. The highest BCUT2D eigenvalue weighted by molar-refractivity contribution is 5.79. The zero-order valence-corrected chi connectivity index (χ0v) is 14.3. The Morgan fingerprint density at radius 1 is 1.33 bits per heavy atom. The maximum absolute atomic E-state index is 5.41. The molecular weight excluding hydrogens is 306 g/mol. The largest absolute Gasteiger partial charge is 0.454 e. The van der Waals surface area contributed by atoms with Gasteiger partial charge in [0, 0.05) is 46.0 Å². The molecule has 0 atom stereocenters. The third-order valence-electron chi connectivity index (χ3n) is 3.89. The van der Waals surface area contributed by atoms with Crippen LogP contribution < -0.4 is 14.8 Å². The summed E-state index contributed by atoms with van der Waals surface area (Å²) in [6.45, 7) is 1.87. The number of benzene rings is 1. The van der Waals surface area contributed by atoms with E-state index >= 15 is 0 Å². The molecule has 0 fully saturated rings. The van der Waals surface area contributed by atoms with Crippen molar-refractivity contribution in [3.05, 3.63) is 41.7 Å². The molecular formula is C17H23N5O2. The van der Waals surface area contributed by atoms with Crippen LogP contribution in [0.25, 0.3) is 0 Å². The molecule has 1 aliphatic rings. The molecule has 1 aromatic carbocycles. The highest BCUT2D eigenvalue weighted by Gasteiger charge is 2.13. The monoisotopic (exact) mass is 329 g/mol. The number of aliphatic imine (C=N–C) groups is 1. The van der Waals surface area contributed by atoms with Crippen molar-refractivity contribution in [2.45, 2.75) is 13.0 Å². The molecule has 128 valence electrons. The Labute approximate surface area is 141 Å². The van der Waals surface area contributed by atoms with Crippen LogP contribution in [0.3, 0.4) is 0 Å². The van der Waals surface area contributed by atoms with Crippen LogP contribution in [0.1, 0.15) is 11.1 Å². The molecule has 0 radical (unpaired) electrons. The average molecular weight is 329 g/mol. The molecule has 0 saturated heterocycles. The minimum Gasteiger partial charge on any atom is -0.454 e. The lowest BCUT2D eigenvalue weighted by molar-refractivity contribution is 0.174. The van der Waals surface area contributed by atoms with Gasteiger partial charge in [0.2, 0.25) is 6.79 Å². The van der Waals surface area contributed by atoms with Crippen molar-refractivity contribution < 1.29 is 9.47 Å². The van der Waals surface area contributed by atoms with Gasteiger partial charge >= 0.3 is 0 Å². The molecule has 3 rings (SSSR count). The summed E-state index contributed by atoms with van der Waals surface area (Å²) in [7, 11) is 5.73. The van der Waals surface area contributed by atoms with Gasteiger partial charge in [-0.05, 0) is 24.1 Å². The van der Waals surface area contributed by atoms with E-state index in [2.05, 4.69) is 26.4 Å². The second kappa shape index (κ2) is 7.25. The summed E-state index contributed by atoms with van der Waals surface area (Å²) in [6, 6.07) is 6.06. The average Bonchev–Trinajstić information content (AvgIpc) is 3.19. The van der Waals surface area contributed by atoms with Gasteiger partial charge in [-0.2, -0.15) is 5.10 Å². The SMILES string of the molecule is CN=C(NCCc1ccc2c(c1)OCO2)N(C)Cc1cnn(C)c1. The van der Waals surface area contributed by atoms with E-state index in [0.717, 1.165) is 42.5 Å². The quantitative estimate of drug-likeness (QED) is 0.663. The molecule has 0 aliphatic carbocycles. The van der Waals surface area contributed by atoms with Crippen LogP contribution in [0.2, 0.25) is 0 Å². The van der Waals surface area contributed by atoms with Crippen molar-refractivity contribution in [3.8, 4) is 11.5 Å². The van der Waals surface area contributed by atoms with Crippen molar-refractivity contribution in [1.29, 1.82) is 0 Å². The Hall–Kier alpha value is -2.70. The van der Waals surface area contributed by atoms with E-state index in [0.29, 0.717) is 6.79 Å². The van der Waals surface area contributed by atoms with Gasteiger partial charge in [-0.15, -0.1) is 0 Å². The lowest BCUT2D eigenvalue weighted by Gasteiger charge is -2.21. The molecule has 0 spiro atoms. The molecule has 1 aromatic heterocycles. The smallest absolute Gasteiger partial charge is 0.231 e. The molecule has 0 unspecified atom stereocenters. The van der Waals surface area contributed by atoms with E-state index in [1.165, 1.54) is 5.56 Å². The van der Waals surface area contributed by atoms with Crippen molar-refractivity contribution >= 4 is 5.96 Å². The first-order chi connectivity index (χ1) is 11.7. The number of aromatic nitrogens is 2. The third-order valence-corrected chi connectivity index (χ3v) is 3.89. The fourth-order valence-electron chi connectivity index (χ4n) is 2.70. The standard InChI is InChI=1S/C17H23N5O2/c1-18-17(21(2)10-14-9-20-22(3)11-14)19-7-6-13-4-5-15-16(8-13)24-12-23-15/h4-5,8-9,11H,6-7,10,12H2,1-3H3,(H,18,19). The number of nitrogens with zero attached hydrogens (tertiary/aromatic N) is 4. The third kappa shape index (κ3) is 3.79. The summed E-state index contributed by atoms with van der Waals surface area (Å²) in [5.41, 5.74) is 2.36.